The molecule has 0 spiro atoms. The Morgan fingerprint density at radius 1 is 1.57 bits per heavy atom. The van der Waals surface area contributed by atoms with Crippen LogP contribution in [0.2, 0.25) is 0 Å². The third kappa shape index (κ3) is 5.66. The molecule has 0 bridgehead atoms. The topological polar surface area (TPSA) is 74.4 Å². The van der Waals surface area contributed by atoms with E-state index in [9.17, 15) is 9.59 Å². The fourth-order valence-electron chi connectivity index (χ4n) is 2.82. The lowest BCUT2D eigenvalue weighted by molar-refractivity contribution is 0.0214. The minimum absolute atomic E-state index is 0.0265. The molecule has 2 atom stereocenters. The van der Waals surface area contributed by atoms with E-state index in [-0.39, 0.29) is 23.0 Å². The Morgan fingerprint density at radius 2 is 2.30 bits per heavy atom. The maximum absolute atomic E-state index is 12.3. The molecule has 23 heavy (non-hydrogen) atoms. The number of thiazole rings is 1. The fourth-order valence-corrected chi connectivity index (χ4v) is 3.40. The third-order valence-electron chi connectivity index (χ3n) is 3.84. The van der Waals surface area contributed by atoms with Crippen LogP contribution >= 0.6 is 11.3 Å². The number of likely N-dealkylation sites (tertiary alicyclic amines) is 1. The van der Waals surface area contributed by atoms with Gasteiger partial charge in [-0.3, -0.25) is 4.79 Å². The molecule has 130 valence electrons. The van der Waals surface area contributed by atoms with Crippen molar-refractivity contribution >= 4 is 17.4 Å². The summed E-state index contributed by atoms with van der Waals surface area (Å²) < 4.78 is 5.49. The molecule has 1 fully saturated rings. The standard InChI is InChI=1S/C16H27N3O3S/c1-11(17-9-12-10-23-14(20)18-12)8-13-6-5-7-19(13)15(21)22-16(2,3)4/h10-11,13,17H,5-9H2,1-4H3,(H,18,20). The van der Waals surface area contributed by atoms with Crippen LogP contribution in [0.25, 0.3) is 0 Å². The molecule has 2 heterocycles. The number of H-pyrrole nitrogens is 1. The predicted molar refractivity (Wildman–Crippen MR) is 91.8 cm³/mol. The maximum Gasteiger partial charge on any atom is 0.410 e. The smallest absolute Gasteiger partial charge is 0.410 e. The highest BCUT2D eigenvalue weighted by atomic mass is 32.1. The summed E-state index contributed by atoms with van der Waals surface area (Å²) in [6.45, 7) is 9.19. The molecular weight excluding hydrogens is 314 g/mol. The van der Waals surface area contributed by atoms with Gasteiger partial charge < -0.3 is 19.9 Å². The number of hydrogen-bond acceptors (Lipinski definition) is 5. The second kappa shape index (κ2) is 7.49. The number of amides is 1. The molecule has 1 amide bonds. The van der Waals surface area contributed by atoms with Gasteiger partial charge in [0.2, 0.25) is 0 Å². The molecule has 2 rings (SSSR count). The van der Waals surface area contributed by atoms with Crippen LogP contribution in [-0.2, 0) is 11.3 Å². The molecule has 2 N–H and O–H groups in total. The van der Waals surface area contributed by atoms with Gasteiger partial charge in [-0.2, -0.15) is 0 Å². The van der Waals surface area contributed by atoms with E-state index in [1.54, 1.807) is 0 Å². The molecule has 0 aliphatic carbocycles. The first-order valence-electron chi connectivity index (χ1n) is 8.14. The van der Waals surface area contributed by atoms with Gasteiger partial charge in [0.1, 0.15) is 5.60 Å². The van der Waals surface area contributed by atoms with Crippen molar-refractivity contribution in [1.82, 2.24) is 15.2 Å². The number of hydrogen-bond donors (Lipinski definition) is 2. The Kier molecular flexibility index (Phi) is 5.86. The zero-order valence-corrected chi connectivity index (χ0v) is 15.2. The molecule has 1 aliphatic rings. The van der Waals surface area contributed by atoms with Crippen LogP contribution in [0.4, 0.5) is 4.79 Å². The second-order valence-corrected chi connectivity index (χ2v) is 8.00. The molecule has 1 aromatic heterocycles. The summed E-state index contributed by atoms with van der Waals surface area (Å²) in [4.78, 5) is 28.0. The van der Waals surface area contributed by atoms with Gasteiger partial charge in [-0.1, -0.05) is 11.3 Å². The Morgan fingerprint density at radius 3 is 2.91 bits per heavy atom. The highest BCUT2D eigenvalue weighted by Gasteiger charge is 2.32. The first-order valence-corrected chi connectivity index (χ1v) is 9.02. The minimum atomic E-state index is -0.459. The molecule has 0 aromatic carbocycles. The highest BCUT2D eigenvalue weighted by Crippen LogP contribution is 2.24. The number of ether oxygens (including phenoxy) is 1. The van der Waals surface area contributed by atoms with Crippen molar-refractivity contribution in [3.05, 3.63) is 20.7 Å². The van der Waals surface area contributed by atoms with Crippen LogP contribution in [0.5, 0.6) is 0 Å². The summed E-state index contributed by atoms with van der Waals surface area (Å²) in [6, 6.07) is 0.473. The highest BCUT2D eigenvalue weighted by molar-refractivity contribution is 7.07. The monoisotopic (exact) mass is 341 g/mol. The van der Waals surface area contributed by atoms with Crippen molar-refractivity contribution in [3.63, 3.8) is 0 Å². The Bertz CT molecular complexity index is 576. The minimum Gasteiger partial charge on any atom is -0.444 e. The molecule has 2 unspecified atom stereocenters. The van der Waals surface area contributed by atoms with Gasteiger partial charge in [-0.15, -0.1) is 0 Å². The normalized spacial score (nSPS) is 19.8. The van der Waals surface area contributed by atoms with Crippen molar-refractivity contribution in [2.24, 2.45) is 0 Å². The Labute approximate surface area is 141 Å². The summed E-state index contributed by atoms with van der Waals surface area (Å²) in [6.07, 6.45) is 2.71. The lowest BCUT2D eigenvalue weighted by Crippen LogP contribution is -2.42. The van der Waals surface area contributed by atoms with Crippen molar-refractivity contribution < 1.29 is 9.53 Å². The van der Waals surface area contributed by atoms with Gasteiger partial charge in [0.25, 0.3) is 0 Å². The SMILES string of the molecule is CC(CC1CCCN1C(=O)OC(C)(C)C)NCc1csc(=O)[nH]1. The van der Waals surface area contributed by atoms with Crippen LogP contribution in [-0.4, -0.2) is 40.2 Å². The van der Waals surface area contributed by atoms with Gasteiger partial charge in [0, 0.05) is 36.2 Å². The van der Waals surface area contributed by atoms with E-state index in [0.717, 1.165) is 31.5 Å². The van der Waals surface area contributed by atoms with Crippen LogP contribution in [0.15, 0.2) is 10.2 Å². The second-order valence-electron chi connectivity index (χ2n) is 7.16. The zero-order valence-electron chi connectivity index (χ0n) is 14.3. The number of aromatic nitrogens is 1. The summed E-state index contributed by atoms with van der Waals surface area (Å²) >= 11 is 1.18. The zero-order chi connectivity index (χ0) is 17.0. The number of nitrogens with one attached hydrogen (secondary N) is 2. The molecule has 0 saturated carbocycles. The number of nitrogens with zero attached hydrogens (tertiary/aromatic N) is 1. The first kappa shape index (κ1) is 18.0. The van der Waals surface area contributed by atoms with Crippen LogP contribution < -0.4 is 10.2 Å². The average Bonchev–Trinajstić information content (AvgIpc) is 3.03. The number of carbonyl (C=O) groups is 1. The quantitative estimate of drug-likeness (QED) is 0.863. The van der Waals surface area contributed by atoms with Crippen molar-refractivity contribution in [1.29, 1.82) is 0 Å². The predicted octanol–water partition coefficient (Wildman–Crippen LogP) is 2.70. The summed E-state index contributed by atoms with van der Waals surface area (Å²) in [5.41, 5.74) is 0.445. The van der Waals surface area contributed by atoms with E-state index < -0.39 is 5.60 Å². The summed E-state index contributed by atoms with van der Waals surface area (Å²) in [7, 11) is 0. The lowest BCUT2D eigenvalue weighted by atomic mass is 10.1. The van der Waals surface area contributed by atoms with Crippen molar-refractivity contribution in [3.8, 4) is 0 Å². The van der Waals surface area contributed by atoms with E-state index in [0.29, 0.717) is 6.54 Å². The van der Waals surface area contributed by atoms with E-state index in [1.165, 1.54) is 11.3 Å². The van der Waals surface area contributed by atoms with Gasteiger partial charge in [-0.25, -0.2) is 4.79 Å². The molecule has 1 aromatic rings. The number of aromatic amines is 1. The van der Waals surface area contributed by atoms with E-state index in [4.69, 9.17) is 4.74 Å². The maximum atomic E-state index is 12.3. The molecular formula is C16H27N3O3S. The largest absolute Gasteiger partial charge is 0.444 e. The van der Waals surface area contributed by atoms with E-state index in [2.05, 4.69) is 17.2 Å². The van der Waals surface area contributed by atoms with Crippen LogP contribution in [0.3, 0.4) is 0 Å². The van der Waals surface area contributed by atoms with Gasteiger partial charge >= 0.3 is 11.0 Å². The van der Waals surface area contributed by atoms with Gasteiger partial charge in [-0.05, 0) is 47.0 Å². The summed E-state index contributed by atoms with van der Waals surface area (Å²) in [5, 5.41) is 5.24. The lowest BCUT2D eigenvalue weighted by Gasteiger charge is -2.30. The van der Waals surface area contributed by atoms with Crippen molar-refractivity contribution in [2.45, 2.75) is 71.2 Å². The van der Waals surface area contributed by atoms with E-state index in [1.807, 2.05) is 31.1 Å². The van der Waals surface area contributed by atoms with E-state index >= 15 is 0 Å². The van der Waals surface area contributed by atoms with Gasteiger partial charge in [0.15, 0.2) is 0 Å². The van der Waals surface area contributed by atoms with Crippen molar-refractivity contribution in [2.75, 3.05) is 6.54 Å². The summed E-state index contributed by atoms with van der Waals surface area (Å²) in [5.74, 6) is 0. The molecule has 0 radical (unpaired) electrons. The third-order valence-corrected chi connectivity index (χ3v) is 4.56. The Hall–Kier alpha value is -1.34. The molecule has 1 saturated heterocycles. The first-order chi connectivity index (χ1) is 10.7. The average molecular weight is 341 g/mol. The Balaban J connectivity index is 1.82. The van der Waals surface area contributed by atoms with Crippen LogP contribution in [0.1, 0.15) is 52.7 Å². The molecule has 6 nitrogen and oxygen atoms in total. The van der Waals surface area contributed by atoms with Gasteiger partial charge in [0.05, 0.1) is 0 Å². The molecule has 1 aliphatic heterocycles. The molecule has 7 heteroatoms. The number of rotatable bonds is 5. The number of carbonyl (C=O) groups excluding carboxylic acids is 1. The van der Waals surface area contributed by atoms with Crippen LogP contribution in [0, 0.1) is 0 Å². The fraction of sp³-hybridized carbons (Fsp3) is 0.750.